The summed E-state index contributed by atoms with van der Waals surface area (Å²) in [7, 11) is 0. The van der Waals surface area contributed by atoms with Crippen LogP contribution in [0.25, 0.3) is 0 Å². The van der Waals surface area contributed by atoms with E-state index in [4.69, 9.17) is 5.73 Å². The van der Waals surface area contributed by atoms with E-state index in [0.717, 1.165) is 19.5 Å². The minimum atomic E-state index is 0.369. The number of rotatable bonds is 2. The summed E-state index contributed by atoms with van der Waals surface area (Å²) in [4.78, 5) is 2.46. The van der Waals surface area contributed by atoms with Gasteiger partial charge in [0.05, 0.1) is 0 Å². The third-order valence-electron chi connectivity index (χ3n) is 2.96. The molecule has 2 atom stereocenters. The van der Waals surface area contributed by atoms with E-state index in [2.05, 4.69) is 42.2 Å². The Morgan fingerprint density at radius 3 is 2.64 bits per heavy atom. The largest absolute Gasteiger partial charge is 0.326 e. The van der Waals surface area contributed by atoms with E-state index in [9.17, 15) is 0 Å². The molecule has 1 fully saturated rings. The Bertz CT molecular complexity index is 284. The number of hydrogen-bond acceptors (Lipinski definition) is 2. The van der Waals surface area contributed by atoms with Gasteiger partial charge in [-0.15, -0.1) is 0 Å². The van der Waals surface area contributed by atoms with E-state index in [-0.39, 0.29) is 0 Å². The van der Waals surface area contributed by atoms with Crippen molar-refractivity contribution in [3.05, 3.63) is 35.9 Å². The van der Waals surface area contributed by atoms with Gasteiger partial charge in [-0.05, 0) is 18.9 Å². The van der Waals surface area contributed by atoms with Gasteiger partial charge in [-0.25, -0.2) is 0 Å². The maximum Gasteiger partial charge on any atom is 0.0237 e. The van der Waals surface area contributed by atoms with Crippen LogP contribution in [0.3, 0.4) is 0 Å². The Kier molecular flexibility index (Phi) is 2.85. The first-order chi connectivity index (χ1) is 6.75. The molecule has 0 amide bonds. The molecule has 2 N–H and O–H groups in total. The lowest BCUT2D eigenvalue weighted by molar-refractivity contribution is 0.259. The van der Waals surface area contributed by atoms with Gasteiger partial charge in [-0.1, -0.05) is 30.3 Å². The molecule has 1 aliphatic rings. The molecule has 1 aromatic rings. The summed E-state index contributed by atoms with van der Waals surface area (Å²) in [6.45, 7) is 4.33. The summed E-state index contributed by atoms with van der Waals surface area (Å²) in [5.74, 6) is 0. The van der Waals surface area contributed by atoms with Gasteiger partial charge >= 0.3 is 0 Å². The van der Waals surface area contributed by atoms with Gasteiger partial charge in [-0.2, -0.15) is 0 Å². The Labute approximate surface area is 85.7 Å². The van der Waals surface area contributed by atoms with Crippen molar-refractivity contribution in [2.75, 3.05) is 6.54 Å². The molecule has 0 unspecified atom stereocenters. The fourth-order valence-corrected chi connectivity index (χ4v) is 2.18. The fourth-order valence-electron chi connectivity index (χ4n) is 2.18. The molecule has 0 radical (unpaired) electrons. The van der Waals surface area contributed by atoms with Crippen LogP contribution in [0.15, 0.2) is 30.3 Å². The van der Waals surface area contributed by atoms with E-state index >= 15 is 0 Å². The van der Waals surface area contributed by atoms with Crippen LogP contribution in [0.4, 0.5) is 0 Å². The standard InChI is InChI=1S/C12H18N2/c1-10-7-12(13)9-14(10)8-11-5-3-2-4-6-11/h2-6,10,12H,7-9,13H2,1H3/t10-,12+/m0/s1. The lowest BCUT2D eigenvalue weighted by Gasteiger charge is -2.20. The second kappa shape index (κ2) is 4.11. The highest BCUT2D eigenvalue weighted by Gasteiger charge is 2.25. The van der Waals surface area contributed by atoms with Crippen molar-refractivity contribution in [1.82, 2.24) is 4.90 Å². The molecule has 0 bridgehead atoms. The van der Waals surface area contributed by atoms with E-state index in [0.29, 0.717) is 12.1 Å². The lowest BCUT2D eigenvalue weighted by atomic mass is 10.2. The molecule has 1 saturated heterocycles. The first-order valence-corrected chi connectivity index (χ1v) is 5.29. The molecular formula is C12H18N2. The van der Waals surface area contributed by atoms with Crippen molar-refractivity contribution >= 4 is 0 Å². The summed E-state index contributed by atoms with van der Waals surface area (Å²) in [6.07, 6.45) is 1.13. The lowest BCUT2D eigenvalue weighted by Crippen LogP contribution is -2.28. The van der Waals surface area contributed by atoms with Crippen molar-refractivity contribution in [3.8, 4) is 0 Å². The highest BCUT2D eigenvalue weighted by Crippen LogP contribution is 2.18. The smallest absolute Gasteiger partial charge is 0.0237 e. The van der Waals surface area contributed by atoms with Gasteiger partial charge < -0.3 is 5.73 Å². The summed E-state index contributed by atoms with van der Waals surface area (Å²) < 4.78 is 0. The normalized spacial score (nSPS) is 28.1. The molecule has 2 nitrogen and oxygen atoms in total. The summed E-state index contributed by atoms with van der Waals surface area (Å²) in [5, 5.41) is 0. The molecule has 2 rings (SSSR count). The molecule has 1 heterocycles. The molecule has 0 spiro atoms. The van der Waals surface area contributed by atoms with Crippen molar-refractivity contribution in [2.45, 2.75) is 32.0 Å². The van der Waals surface area contributed by atoms with Crippen molar-refractivity contribution in [1.29, 1.82) is 0 Å². The fraction of sp³-hybridized carbons (Fsp3) is 0.500. The molecule has 1 aliphatic heterocycles. The van der Waals surface area contributed by atoms with Gasteiger partial charge in [0.2, 0.25) is 0 Å². The summed E-state index contributed by atoms with van der Waals surface area (Å²) in [6, 6.07) is 11.6. The molecule has 14 heavy (non-hydrogen) atoms. The zero-order chi connectivity index (χ0) is 9.97. The summed E-state index contributed by atoms with van der Waals surface area (Å²) in [5.41, 5.74) is 7.31. The number of benzene rings is 1. The zero-order valence-electron chi connectivity index (χ0n) is 8.69. The van der Waals surface area contributed by atoms with Gasteiger partial charge in [0.1, 0.15) is 0 Å². The predicted molar refractivity (Wildman–Crippen MR) is 58.9 cm³/mol. The van der Waals surface area contributed by atoms with E-state index < -0.39 is 0 Å². The SMILES string of the molecule is C[C@H]1C[C@@H](N)CN1Cc1ccccc1. The Balaban J connectivity index is 1.98. The molecule has 1 aromatic carbocycles. The van der Waals surface area contributed by atoms with Gasteiger partial charge in [-0.3, -0.25) is 4.90 Å². The van der Waals surface area contributed by atoms with Gasteiger partial charge in [0.15, 0.2) is 0 Å². The maximum atomic E-state index is 5.93. The van der Waals surface area contributed by atoms with Crippen molar-refractivity contribution in [3.63, 3.8) is 0 Å². The van der Waals surface area contributed by atoms with Gasteiger partial charge in [0, 0.05) is 25.2 Å². The monoisotopic (exact) mass is 190 g/mol. The number of likely N-dealkylation sites (tertiary alicyclic amines) is 1. The Morgan fingerprint density at radius 2 is 2.07 bits per heavy atom. The number of hydrogen-bond donors (Lipinski definition) is 1. The average Bonchev–Trinajstić information content (AvgIpc) is 2.47. The van der Waals surface area contributed by atoms with E-state index in [1.807, 2.05) is 0 Å². The van der Waals surface area contributed by atoms with E-state index in [1.54, 1.807) is 0 Å². The average molecular weight is 190 g/mol. The molecule has 0 aliphatic carbocycles. The first kappa shape index (κ1) is 9.69. The highest BCUT2D eigenvalue weighted by molar-refractivity contribution is 5.14. The quantitative estimate of drug-likeness (QED) is 0.767. The van der Waals surface area contributed by atoms with Crippen LogP contribution in [0, 0.1) is 0 Å². The predicted octanol–water partition coefficient (Wildman–Crippen LogP) is 1.61. The zero-order valence-corrected chi connectivity index (χ0v) is 8.69. The third-order valence-corrected chi connectivity index (χ3v) is 2.96. The van der Waals surface area contributed by atoms with Crippen LogP contribution in [0.5, 0.6) is 0 Å². The molecule has 0 saturated carbocycles. The second-order valence-electron chi connectivity index (χ2n) is 4.26. The molecular weight excluding hydrogens is 172 g/mol. The van der Waals surface area contributed by atoms with Crippen molar-refractivity contribution < 1.29 is 0 Å². The van der Waals surface area contributed by atoms with Crippen molar-refractivity contribution in [2.24, 2.45) is 5.73 Å². The molecule has 2 heteroatoms. The molecule has 0 aromatic heterocycles. The number of nitrogens with two attached hydrogens (primary N) is 1. The van der Waals surface area contributed by atoms with E-state index in [1.165, 1.54) is 5.56 Å². The van der Waals surface area contributed by atoms with Crippen LogP contribution in [0.1, 0.15) is 18.9 Å². The first-order valence-electron chi connectivity index (χ1n) is 5.29. The topological polar surface area (TPSA) is 29.3 Å². The maximum absolute atomic E-state index is 5.93. The second-order valence-corrected chi connectivity index (χ2v) is 4.26. The summed E-state index contributed by atoms with van der Waals surface area (Å²) >= 11 is 0. The van der Waals surface area contributed by atoms with Crippen LogP contribution in [-0.4, -0.2) is 23.5 Å². The minimum absolute atomic E-state index is 0.369. The number of nitrogens with zero attached hydrogens (tertiary/aromatic N) is 1. The van der Waals surface area contributed by atoms with Crippen LogP contribution >= 0.6 is 0 Å². The highest BCUT2D eigenvalue weighted by atomic mass is 15.2. The van der Waals surface area contributed by atoms with Crippen LogP contribution in [-0.2, 0) is 6.54 Å². The van der Waals surface area contributed by atoms with Gasteiger partial charge in [0.25, 0.3) is 0 Å². The minimum Gasteiger partial charge on any atom is -0.326 e. The molecule has 76 valence electrons. The Hall–Kier alpha value is -0.860. The Morgan fingerprint density at radius 1 is 1.36 bits per heavy atom. The third kappa shape index (κ3) is 2.14. The van der Waals surface area contributed by atoms with Crippen LogP contribution < -0.4 is 5.73 Å². The van der Waals surface area contributed by atoms with Crippen LogP contribution in [0.2, 0.25) is 0 Å².